The monoisotopic (exact) mass is 366 g/mol. The van der Waals surface area contributed by atoms with Crippen LogP contribution in [0.4, 0.5) is 5.69 Å². The van der Waals surface area contributed by atoms with E-state index in [0.29, 0.717) is 9.99 Å². The number of rotatable bonds is 2. The average molecular weight is 367 g/mol. The van der Waals surface area contributed by atoms with Crippen LogP contribution in [0.25, 0.3) is 27.5 Å². The Balaban J connectivity index is 2.30. The first kappa shape index (κ1) is 14.0. The first-order chi connectivity index (χ1) is 11.2. The van der Waals surface area contributed by atoms with Crippen LogP contribution in [0.15, 0.2) is 71.2 Å². The molecule has 0 radical (unpaired) electrons. The summed E-state index contributed by atoms with van der Waals surface area (Å²) in [5, 5.41) is 13.5. The van der Waals surface area contributed by atoms with Gasteiger partial charge >= 0.3 is 5.69 Å². The van der Waals surface area contributed by atoms with Crippen LogP contribution in [-0.2, 0) is 0 Å². The van der Waals surface area contributed by atoms with Crippen molar-refractivity contribution in [3.8, 4) is 5.69 Å². The van der Waals surface area contributed by atoms with E-state index in [0.717, 1.165) is 22.0 Å². The second kappa shape index (κ2) is 5.21. The van der Waals surface area contributed by atoms with E-state index in [1.807, 2.05) is 65.2 Å². The summed E-state index contributed by atoms with van der Waals surface area (Å²) in [6.07, 6.45) is 0. The van der Waals surface area contributed by atoms with Crippen LogP contribution in [0.3, 0.4) is 0 Å². The number of nitro benzene ring substituents is 1. The SMILES string of the molecule is O=[N+]([O-])c1c(Br)ccc2c3ccccc3n(-c3ccccc3)c12. The standard InChI is InChI=1S/C18H11BrN2O2/c19-15-11-10-14-13-8-4-5-9-16(13)20(12-6-2-1-3-7-12)17(14)18(15)21(22)23/h1-11H. The molecule has 0 saturated heterocycles. The van der Waals surface area contributed by atoms with E-state index in [9.17, 15) is 10.1 Å². The molecule has 0 aliphatic rings. The first-order valence-corrected chi connectivity index (χ1v) is 7.89. The van der Waals surface area contributed by atoms with E-state index in [-0.39, 0.29) is 10.6 Å². The molecule has 1 aromatic heterocycles. The van der Waals surface area contributed by atoms with Gasteiger partial charge in [0, 0.05) is 16.5 Å². The van der Waals surface area contributed by atoms with Crippen molar-refractivity contribution < 1.29 is 4.92 Å². The van der Waals surface area contributed by atoms with Gasteiger partial charge in [-0.05, 0) is 40.2 Å². The fourth-order valence-corrected chi connectivity index (χ4v) is 3.50. The number of para-hydroxylation sites is 2. The van der Waals surface area contributed by atoms with Gasteiger partial charge in [0.05, 0.1) is 14.9 Å². The maximum absolute atomic E-state index is 11.7. The zero-order valence-electron chi connectivity index (χ0n) is 11.9. The van der Waals surface area contributed by atoms with Crippen LogP contribution in [0.5, 0.6) is 0 Å². The van der Waals surface area contributed by atoms with Gasteiger partial charge in [-0.3, -0.25) is 10.1 Å². The van der Waals surface area contributed by atoms with Crippen LogP contribution < -0.4 is 0 Å². The smallest absolute Gasteiger partial charge is 0.303 e. The van der Waals surface area contributed by atoms with Crippen molar-refractivity contribution in [1.82, 2.24) is 4.57 Å². The van der Waals surface area contributed by atoms with Crippen molar-refractivity contribution in [3.63, 3.8) is 0 Å². The molecule has 0 unspecified atom stereocenters. The molecule has 0 aliphatic carbocycles. The van der Waals surface area contributed by atoms with E-state index in [4.69, 9.17) is 0 Å². The van der Waals surface area contributed by atoms with Crippen LogP contribution >= 0.6 is 15.9 Å². The van der Waals surface area contributed by atoms with E-state index < -0.39 is 0 Å². The highest BCUT2D eigenvalue weighted by atomic mass is 79.9. The number of halogens is 1. The molecule has 23 heavy (non-hydrogen) atoms. The Hall–Kier alpha value is -2.66. The highest BCUT2D eigenvalue weighted by molar-refractivity contribution is 9.10. The summed E-state index contributed by atoms with van der Waals surface area (Å²) >= 11 is 3.33. The Kier molecular flexibility index (Phi) is 3.16. The second-order valence-corrected chi connectivity index (χ2v) is 6.09. The minimum atomic E-state index is -0.329. The van der Waals surface area contributed by atoms with Crippen LogP contribution in [-0.4, -0.2) is 9.49 Å². The minimum absolute atomic E-state index is 0.0857. The molecule has 4 rings (SSSR count). The molecule has 0 fully saturated rings. The molecule has 0 bridgehead atoms. The number of hydrogen-bond donors (Lipinski definition) is 0. The van der Waals surface area contributed by atoms with Crippen molar-refractivity contribution in [3.05, 3.63) is 81.3 Å². The Morgan fingerprint density at radius 2 is 1.57 bits per heavy atom. The summed E-state index contributed by atoms with van der Waals surface area (Å²) in [6.45, 7) is 0. The zero-order valence-corrected chi connectivity index (χ0v) is 13.5. The normalized spacial score (nSPS) is 11.2. The van der Waals surface area contributed by atoms with Gasteiger partial charge < -0.3 is 4.57 Å². The summed E-state index contributed by atoms with van der Waals surface area (Å²) in [6, 6.07) is 21.2. The van der Waals surface area contributed by atoms with E-state index in [1.165, 1.54) is 0 Å². The highest BCUT2D eigenvalue weighted by Crippen LogP contribution is 2.40. The lowest BCUT2D eigenvalue weighted by Gasteiger charge is -2.08. The van der Waals surface area contributed by atoms with Crippen molar-refractivity contribution in [2.24, 2.45) is 0 Å². The fraction of sp³-hybridized carbons (Fsp3) is 0. The predicted octanol–water partition coefficient (Wildman–Crippen LogP) is 5.45. The van der Waals surface area contributed by atoms with Crippen LogP contribution in [0.1, 0.15) is 0 Å². The van der Waals surface area contributed by atoms with Gasteiger partial charge in [0.1, 0.15) is 5.52 Å². The molecule has 0 saturated carbocycles. The molecule has 112 valence electrons. The largest absolute Gasteiger partial charge is 0.307 e. The van der Waals surface area contributed by atoms with Crippen LogP contribution in [0, 0.1) is 10.1 Å². The van der Waals surface area contributed by atoms with Crippen molar-refractivity contribution >= 4 is 43.4 Å². The van der Waals surface area contributed by atoms with E-state index >= 15 is 0 Å². The number of nitro groups is 1. The summed E-state index contributed by atoms with van der Waals surface area (Å²) in [4.78, 5) is 11.3. The second-order valence-electron chi connectivity index (χ2n) is 5.24. The molecular formula is C18H11BrN2O2. The Morgan fingerprint density at radius 1 is 0.870 bits per heavy atom. The Morgan fingerprint density at radius 3 is 2.30 bits per heavy atom. The number of aromatic nitrogens is 1. The third-order valence-electron chi connectivity index (χ3n) is 3.96. The lowest BCUT2D eigenvalue weighted by molar-refractivity contribution is -0.384. The van der Waals surface area contributed by atoms with E-state index in [2.05, 4.69) is 15.9 Å². The van der Waals surface area contributed by atoms with Crippen molar-refractivity contribution in [1.29, 1.82) is 0 Å². The maximum atomic E-state index is 11.7. The molecule has 5 heteroatoms. The van der Waals surface area contributed by atoms with Crippen molar-refractivity contribution in [2.75, 3.05) is 0 Å². The molecule has 0 amide bonds. The molecule has 0 N–H and O–H groups in total. The van der Waals surface area contributed by atoms with Crippen molar-refractivity contribution in [2.45, 2.75) is 0 Å². The predicted molar refractivity (Wildman–Crippen MR) is 95.1 cm³/mol. The lowest BCUT2D eigenvalue weighted by atomic mass is 10.1. The minimum Gasteiger partial charge on any atom is -0.303 e. The Bertz CT molecular complexity index is 1050. The molecule has 0 spiro atoms. The fourth-order valence-electron chi connectivity index (χ4n) is 3.03. The number of hydrogen-bond acceptors (Lipinski definition) is 2. The van der Waals surface area contributed by atoms with Gasteiger partial charge in [-0.2, -0.15) is 0 Å². The summed E-state index contributed by atoms with van der Waals surface area (Å²) in [5.41, 5.74) is 2.55. The molecule has 4 nitrogen and oxygen atoms in total. The summed E-state index contributed by atoms with van der Waals surface area (Å²) in [7, 11) is 0. The number of fused-ring (bicyclic) bond motifs is 3. The molecule has 4 aromatic rings. The maximum Gasteiger partial charge on any atom is 0.307 e. The average Bonchev–Trinajstić information content (AvgIpc) is 2.89. The quantitative estimate of drug-likeness (QED) is 0.349. The van der Waals surface area contributed by atoms with Gasteiger partial charge in [-0.25, -0.2) is 0 Å². The first-order valence-electron chi connectivity index (χ1n) is 7.10. The topological polar surface area (TPSA) is 48.1 Å². The number of nitrogens with zero attached hydrogens (tertiary/aromatic N) is 2. The third kappa shape index (κ3) is 2.04. The molecule has 3 aromatic carbocycles. The summed E-state index contributed by atoms with van der Waals surface area (Å²) in [5.74, 6) is 0. The van der Waals surface area contributed by atoms with Gasteiger partial charge in [-0.1, -0.05) is 42.5 Å². The summed E-state index contributed by atoms with van der Waals surface area (Å²) < 4.78 is 2.43. The third-order valence-corrected chi connectivity index (χ3v) is 4.60. The molecule has 0 atom stereocenters. The van der Waals surface area contributed by atoms with Gasteiger partial charge in [0.2, 0.25) is 0 Å². The number of benzene rings is 3. The van der Waals surface area contributed by atoms with Gasteiger partial charge in [-0.15, -0.1) is 0 Å². The lowest BCUT2D eigenvalue weighted by Crippen LogP contribution is -1.98. The zero-order chi connectivity index (χ0) is 16.0. The van der Waals surface area contributed by atoms with Crippen LogP contribution in [0.2, 0.25) is 0 Å². The molecule has 1 heterocycles. The van der Waals surface area contributed by atoms with E-state index in [1.54, 1.807) is 6.07 Å². The Labute approximate surface area is 140 Å². The van der Waals surface area contributed by atoms with Gasteiger partial charge in [0.25, 0.3) is 0 Å². The highest BCUT2D eigenvalue weighted by Gasteiger charge is 2.24. The molecular weight excluding hydrogens is 356 g/mol. The molecule has 0 aliphatic heterocycles. The van der Waals surface area contributed by atoms with Gasteiger partial charge in [0.15, 0.2) is 0 Å².